The van der Waals surface area contributed by atoms with Crippen molar-refractivity contribution >= 4 is 11.8 Å². The molecule has 0 aromatic rings. The first-order valence-corrected chi connectivity index (χ1v) is 11.8. The fourth-order valence-electron chi connectivity index (χ4n) is 3.99. The minimum atomic E-state index is -0.803. The van der Waals surface area contributed by atoms with E-state index >= 15 is 0 Å². The van der Waals surface area contributed by atoms with E-state index in [0.29, 0.717) is 17.6 Å². The van der Waals surface area contributed by atoms with Crippen molar-refractivity contribution in [1.82, 2.24) is 0 Å². The maximum Gasteiger partial charge on any atom is 0.360 e. The summed E-state index contributed by atoms with van der Waals surface area (Å²) in [6, 6.07) is 0. The van der Waals surface area contributed by atoms with Crippen molar-refractivity contribution in [2.24, 2.45) is 10.7 Å². The first-order chi connectivity index (χ1) is 14.1. The molecule has 1 heterocycles. The lowest BCUT2D eigenvalue weighted by Crippen LogP contribution is -2.52. The normalized spacial score (nSPS) is 18.6. The third-order valence-corrected chi connectivity index (χ3v) is 5.70. The van der Waals surface area contributed by atoms with Gasteiger partial charge in [0.1, 0.15) is 12.7 Å². The van der Waals surface area contributed by atoms with E-state index in [1.165, 1.54) is 77.0 Å². The maximum atomic E-state index is 11.2. The van der Waals surface area contributed by atoms with Gasteiger partial charge in [-0.3, -0.25) is 0 Å². The number of amidine groups is 1. The van der Waals surface area contributed by atoms with Gasteiger partial charge in [0.05, 0.1) is 6.20 Å². The standard InChI is InChI=1S/C24H43N3O2/c1-2-3-4-5-6-7-8-9-10-11-12-13-14-15-16-17-23-26-19-21-27(23,20-18-25)22-24(28)29/h8-9,19,21H,2-7,10-18,20,22,25H2,1H3/p+1/b9-8+. The monoisotopic (exact) mass is 406 g/mol. The molecule has 1 rings (SSSR count). The van der Waals surface area contributed by atoms with E-state index in [9.17, 15) is 9.90 Å². The van der Waals surface area contributed by atoms with Crippen LogP contribution in [-0.4, -0.2) is 41.0 Å². The number of aliphatic imine (C=N–C) groups is 1. The van der Waals surface area contributed by atoms with E-state index in [2.05, 4.69) is 24.1 Å². The number of carbonyl (C=O) groups is 1. The van der Waals surface area contributed by atoms with Gasteiger partial charge in [-0.2, -0.15) is 0 Å². The third-order valence-electron chi connectivity index (χ3n) is 5.70. The number of rotatable bonds is 19. The van der Waals surface area contributed by atoms with Crippen molar-refractivity contribution in [1.29, 1.82) is 0 Å². The van der Waals surface area contributed by atoms with E-state index in [-0.39, 0.29) is 6.54 Å². The van der Waals surface area contributed by atoms with Crippen LogP contribution in [-0.2, 0) is 4.79 Å². The van der Waals surface area contributed by atoms with Gasteiger partial charge in [-0.25, -0.2) is 14.3 Å². The molecule has 0 radical (unpaired) electrons. The lowest BCUT2D eigenvalue weighted by atomic mass is 10.1. The smallest absolute Gasteiger partial charge is 0.360 e. The molecule has 1 unspecified atom stereocenters. The van der Waals surface area contributed by atoms with Gasteiger partial charge in [0.15, 0.2) is 6.54 Å². The predicted molar refractivity (Wildman–Crippen MR) is 123 cm³/mol. The molecule has 0 aromatic heterocycles. The minimum absolute atomic E-state index is 0.0405. The van der Waals surface area contributed by atoms with Crippen LogP contribution in [0.15, 0.2) is 29.5 Å². The van der Waals surface area contributed by atoms with E-state index in [0.717, 1.165) is 18.7 Å². The van der Waals surface area contributed by atoms with Crippen LogP contribution in [0.3, 0.4) is 0 Å². The summed E-state index contributed by atoms with van der Waals surface area (Å²) in [6.07, 6.45) is 25.9. The fourth-order valence-corrected chi connectivity index (χ4v) is 3.99. The van der Waals surface area contributed by atoms with Crippen LogP contribution in [0.5, 0.6) is 0 Å². The molecule has 0 aromatic carbocycles. The van der Waals surface area contributed by atoms with Crippen LogP contribution < -0.4 is 5.73 Å². The summed E-state index contributed by atoms with van der Waals surface area (Å²) >= 11 is 0. The van der Waals surface area contributed by atoms with Crippen LogP contribution in [0.2, 0.25) is 0 Å². The Kier molecular flexibility index (Phi) is 14.4. The first-order valence-electron chi connectivity index (χ1n) is 11.8. The SMILES string of the molecule is CCCCCCC/C=C/CCCCCCCCC1=NC=C[N+]1(CCN)CC(=O)O. The van der Waals surface area contributed by atoms with Crippen molar-refractivity contribution < 1.29 is 14.4 Å². The molecule has 0 spiro atoms. The van der Waals surface area contributed by atoms with E-state index in [1.54, 1.807) is 6.20 Å². The Morgan fingerprint density at radius 2 is 1.59 bits per heavy atom. The summed E-state index contributed by atoms with van der Waals surface area (Å²) in [7, 11) is 0. The summed E-state index contributed by atoms with van der Waals surface area (Å²) in [6.45, 7) is 3.37. The van der Waals surface area contributed by atoms with Gasteiger partial charge in [0.2, 0.25) is 5.84 Å². The number of carboxylic acid groups (broad SMARTS) is 1. The van der Waals surface area contributed by atoms with Gasteiger partial charge < -0.3 is 10.8 Å². The topological polar surface area (TPSA) is 75.7 Å². The zero-order valence-electron chi connectivity index (χ0n) is 18.7. The second kappa shape index (κ2) is 16.3. The molecule has 3 N–H and O–H groups in total. The molecule has 1 aliphatic rings. The van der Waals surface area contributed by atoms with E-state index in [1.807, 2.05) is 6.20 Å². The van der Waals surface area contributed by atoms with Crippen LogP contribution in [0.25, 0.3) is 0 Å². The molecule has 166 valence electrons. The molecular formula is C24H44N3O2+. The molecule has 0 saturated heterocycles. The van der Waals surface area contributed by atoms with Gasteiger partial charge >= 0.3 is 5.97 Å². The molecule has 0 bridgehead atoms. The molecule has 0 saturated carbocycles. The molecule has 0 fully saturated rings. The molecule has 5 heteroatoms. The zero-order chi connectivity index (χ0) is 21.2. The Hall–Kier alpha value is -1.46. The summed E-state index contributed by atoms with van der Waals surface area (Å²) in [5, 5.41) is 9.24. The minimum Gasteiger partial charge on any atom is -0.477 e. The number of hydrogen-bond donors (Lipinski definition) is 2. The summed E-state index contributed by atoms with van der Waals surface area (Å²) in [4.78, 5) is 15.7. The van der Waals surface area contributed by atoms with Crippen molar-refractivity contribution in [3.05, 3.63) is 24.6 Å². The lowest BCUT2D eigenvalue weighted by molar-refractivity contribution is -0.778. The first kappa shape index (κ1) is 25.6. The van der Waals surface area contributed by atoms with Gasteiger partial charge in [-0.05, 0) is 32.1 Å². The zero-order valence-corrected chi connectivity index (χ0v) is 18.7. The van der Waals surface area contributed by atoms with E-state index in [4.69, 9.17) is 5.73 Å². The summed E-state index contributed by atoms with van der Waals surface area (Å²) < 4.78 is 0.302. The molecule has 1 atom stereocenters. The highest BCUT2D eigenvalue weighted by molar-refractivity contribution is 5.81. The second-order valence-corrected chi connectivity index (χ2v) is 8.28. The Balaban J connectivity index is 2.03. The molecule has 0 aliphatic carbocycles. The number of aliphatic carboxylic acids is 1. The number of hydrogen-bond acceptors (Lipinski definition) is 3. The third kappa shape index (κ3) is 11.3. The number of unbranched alkanes of at least 4 members (excludes halogenated alkanes) is 11. The quantitative estimate of drug-likeness (QED) is 0.162. The number of nitrogens with two attached hydrogens (primary N) is 1. The van der Waals surface area contributed by atoms with Crippen molar-refractivity contribution in [3.63, 3.8) is 0 Å². The summed E-state index contributed by atoms with van der Waals surface area (Å²) in [5.41, 5.74) is 5.71. The van der Waals surface area contributed by atoms with Gasteiger partial charge in [0.25, 0.3) is 0 Å². The van der Waals surface area contributed by atoms with Crippen LogP contribution in [0.4, 0.5) is 0 Å². The highest BCUT2D eigenvalue weighted by Crippen LogP contribution is 2.21. The van der Waals surface area contributed by atoms with Gasteiger partial charge in [-0.15, -0.1) is 0 Å². The highest BCUT2D eigenvalue weighted by Gasteiger charge is 2.36. The number of quaternary nitrogens is 1. The van der Waals surface area contributed by atoms with E-state index < -0.39 is 5.97 Å². The Morgan fingerprint density at radius 3 is 2.17 bits per heavy atom. The molecule has 29 heavy (non-hydrogen) atoms. The average molecular weight is 407 g/mol. The average Bonchev–Trinajstić information content (AvgIpc) is 3.06. The predicted octanol–water partition coefficient (Wildman–Crippen LogP) is 5.77. The van der Waals surface area contributed by atoms with Crippen LogP contribution in [0, 0.1) is 0 Å². The van der Waals surface area contributed by atoms with Crippen molar-refractivity contribution in [3.8, 4) is 0 Å². The number of carboxylic acids is 1. The highest BCUT2D eigenvalue weighted by atomic mass is 16.4. The Labute approximate surface area is 178 Å². The number of allylic oxidation sites excluding steroid dienone is 2. The Morgan fingerprint density at radius 1 is 1.00 bits per heavy atom. The molecule has 5 nitrogen and oxygen atoms in total. The van der Waals surface area contributed by atoms with Crippen LogP contribution in [0.1, 0.15) is 96.8 Å². The van der Waals surface area contributed by atoms with Crippen molar-refractivity contribution in [2.75, 3.05) is 19.6 Å². The fraction of sp³-hybridized carbons (Fsp3) is 0.750. The Bertz CT molecular complexity index is 528. The largest absolute Gasteiger partial charge is 0.477 e. The molecular weight excluding hydrogens is 362 g/mol. The van der Waals surface area contributed by atoms with Crippen LogP contribution >= 0.6 is 0 Å². The second-order valence-electron chi connectivity index (χ2n) is 8.28. The lowest BCUT2D eigenvalue weighted by Gasteiger charge is -2.30. The van der Waals surface area contributed by atoms with Crippen molar-refractivity contribution in [2.45, 2.75) is 96.8 Å². The van der Waals surface area contributed by atoms with Gasteiger partial charge in [0, 0.05) is 13.0 Å². The molecule has 1 aliphatic heterocycles. The molecule has 0 amide bonds. The summed E-state index contributed by atoms with van der Waals surface area (Å²) in [5.74, 6) is 0.154. The maximum absolute atomic E-state index is 11.2. The van der Waals surface area contributed by atoms with Gasteiger partial charge in [-0.1, -0.05) is 70.4 Å². The number of nitrogens with zero attached hydrogens (tertiary/aromatic N) is 2.